The Morgan fingerprint density at radius 3 is 2.00 bits per heavy atom. The SMILES string of the molecule is CC1(c2ccccc2)c2ccccc2-c2cc3c4ccccc4n(-c4ccccc4)c3cc21. The molecular weight excluding hydrogens is 398 g/mol. The first kappa shape index (κ1) is 18.5. The third kappa shape index (κ3) is 2.42. The van der Waals surface area contributed by atoms with Crippen LogP contribution in [0.25, 0.3) is 38.6 Å². The van der Waals surface area contributed by atoms with E-state index in [1.807, 2.05) is 0 Å². The molecule has 0 fully saturated rings. The van der Waals surface area contributed by atoms with Gasteiger partial charge in [0, 0.05) is 21.9 Å². The molecule has 33 heavy (non-hydrogen) atoms. The number of nitrogens with zero attached hydrogens (tertiary/aromatic N) is 1. The van der Waals surface area contributed by atoms with Crippen molar-refractivity contribution < 1.29 is 0 Å². The molecule has 1 heteroatoms. The maximum atomic E-state index is 2.45. The third-order valence-electron chi connectivity index (χ3n) is 7.47. The topological polar surface area (TPSA) is 4.93 Å². The van der Waals surface area contributed by atoms with Crippen molar-refractivity contribution in [3.05, 3.63) is 138 Å². The van der Waals surface area contributed by atoms with E-state index in [9.17, 15) is 0 Å². The first-order valence-electron chi connectivity index (χ1n) is 11.6. The Morgan fingerprint density at radius 2 is 1.18 bits per heavy atom. The molecule has 0 radical (unpaired) electrons. The van der Waals surface area contributed by atoms with Crippen molar-refractivity contribution in [1.29, 1.82) is 0 Å². The molecule has 1 aliphatic carbocycles. The smallest absolute Gasteiger partial charge is 0.0544 e. The van der Waals surface area contributed by atoms with Crippen molar-refractivity contribution in [2.24, 2.45) is 0 Å². The van der Waals surface area contributed by atoms with Crippen molar-refractivity contribution in [2.75, 3.05) is 0 Å². The van der Waals surface area contributed by atoms with Crippen LogP contribution in [0.15, 0.2) is 121 Å². The van der Waals surface area contributed by atoms with Crippen LogP contribution in [0.3, 0.4) is 0 Å². The maximum Gasteiger partial charge on any atom is 0.0544 e. The van der Waals surface area contributed by atoms with E-state index in [4.69, 9.17) is 0 Å². The molecule has 1 aromatic heterocycles. The van der Waals surface area contributed by atoms with Gasteiger partial charge in [0.05, 0.1) is 11.0 Å². The monoisotopic (exact) mass is 421 g/mol. The van der Waals surface area contributed by atoms with Crippen LogP contribution < -0.4 is 0 Å². The number of hydrogen-bond acceptors (Lipinski definition) is 0. The summed E-state index contributed by atoms with van der Waals surface area (Å²) in [6.07, 6.45) is 0. The summed E-state index contributed by atoms with van der Waals surface area (Å²) in [6, 6.07) is 44.2. The van der Waals surface area contributed by atoms with Gasteiger partial charge in [0.1, 0.15) is 0 Å². The van der Waals surface area contributed by atoms with Gasteiger partial charge < -0.3 is 4.57 Å². The Hall–Kier alpha value is -4.10. The van der Waals surface area contributed by atoms with Crippen molar-refractivity contribution in [3.63, 3.8) is 0 Å². The van der Waals surface area contributed by atoms with Gasteiger partial charge in [-0.2, -0.15) is 0 Å². The quantitative estimate of drug-likeness (QED) is 0.266. The van der Waals surface area contributed by atoms with Crippen LogP contribution >= 0.6 is 0 Å². The van der Waals surface area contributed by atoms with Gasteiger partial charge >= 0.3 is 0 Å². The summed E-state index contributed by atoms with van der Waals surface area (Å²) in [5, 5.41) is 2.60. The number of fused-ring (bicyclic) bond motifs is 6. The van der Waals surface area contributed by atoms with E-state index in [2.05, 4.69) is 133 Å². The van der Waals surface area contributed by atoms with E-state index in [0.717, 1.165) is 0 Å². The molecule has 6 aromatic rings. The number of rotatable bonds is 2. The molecule has 1 unspecified atom stereocenters. The van der Waals surface area contributed by atoms with Crippen LogP contribution in [0, 0.1) is 0 Å². The fourth-order valence-corrected chi connectivity index (χ4v) is 5.89. The molecule has 0 N–H and O–H groups in total. The average Bonchev–Trinajstić information content (AvgIpc) is 3.34. The van der Waals surface area contributed by atoms with Crippen molar-refractivity contribution in [1.82, 2.24) is 4.57 Å². The fourth-order valence-electron chi connectivity index (χ4n) is 5.89. The summed E-state index contributed by atoms with van der Waals surface area (Å²) >= 11 is 0. The van der Waals surface area contributed by atoms with Gasteiger partial charge in [0.2, 0.25) is 0 Å². The molecule has 1 heterocycles. The minimum absolute atomic E-state index is 0.195. The van der Waals surface area contributed by atoms with Crippen LogP contribution in [-0.4, -0.2) is 4.57 Å². The highest BCUT2D eigenvalue weighted by Gasteiger charge is 2.41. The Morgan fingerprint density at radius 1 is 0.515 bits per heavy atom. The summed E-state index contributed by atoms with van der Waals surface area (Å²) < 4.78 is 2.42. The summed E-state index contributed by atoms with van der Waals surface area (Å²) in [4.78, 5) is 0. The van der Waals surface area contributed by atoms with Crippen LogP contribution in [0.2, 0.25) is 0 Å². The molecule has 0 saturated carbocycles. The zero-order chi connectivity index (χ0) is 22.0. The van der Waals surface area contributed by atoms with Crippen LogP contribution in [0.4, 0.5) is 0 Å². The highest BCUT2D eigenvalue weighted by molar-refractivity contribution is 6.11. The highest BCUT2D eigenvalue weighted by atomic mass is 15.0. The van der Waals surface area contributed by atoms with Crippen LogP contribution in [0.1, 0.15) is 23.6 Å². The molecule has 1 aliphatic rings. The minimum atomic E-state index is -0.195. The highest BCUT2D eigenvalue weighted by Crippen LogP contribution is 2.54. The van der Waals surface area contributed by atoms with Gasteiger partial charge in [0.25, 0.3) is 0 Å². The average molecular weight is 422 g/mol. The summed E-state index contributed by atoms with van der Waals surface area (Å²) in [5.74, 6) is 0. The van der Waals surface area contributed by atoms with Gasteiger partial charge in [-0.3, -0.25) is 0 Å². The predicted octanol–water partition coefficient (Wildman–Crippen LogP) is 8.12. The lowest BCUT2D eigenvalue weighted by Crippen LogP contribution is -2.22. The predicted molar refractivity (Wildman–Crippen MR) is 138 cm³/mol. The zero-order valence-electron chi connectivity index (χ0n) is 18.5. The van der Waals surface area contributed by atoms with Gasteiger partial charge in [0.15, 0.2) is 0 Å². The van der Waals surface area contributed by atoms with E-state index in [1.165, 1.54) is 55.3 Å². The molecule has 1 atom stereocenters. The zero-order valence-corrected chi connectivity index (χ0v) is 18.5. The largest absolute Gasteiger partial charge is 0.309 e. The van der Waals surface area contributed by atoms with Gasteiger partial charge in [-0.25, -0.2) is 0 Å². The van der Waals surface area contributed by atoms with Crippen molar-refractivity contribution in [2.45, 2.75) is 12.3 Å². The summed E-state index contributed by atoms with van der Waals surface area (Å²) in [6.45, 7) is 2.38. The van der Waals surface area contributed by atoms with E-state index in [-0.39, 0.29) is 5.41 Å². The lowest BCUT2D eigenvalue weighted by molar-refractivity contribution is 0.714. The molecule has 0 spiro atoms. The van der Waals surface area contributed by atoms with Gasteiger partial charge in [-0.1, -0.05) is 91.0 Å². The second-order valence-corrected chi connectivity index (χ2v) is 9.14. The van der Waals surface area contributed by atoms with Crippen LogP contribution in [-0.2, 0) is 5.41 Å². The summed E-state index contributed by atoms with van der Waals surface area (Å²) in [5.41, 5.74) is 10.3. The van der Waals surface area contributed by atoms with Crippen molar-refractivity contribution in [3.8, 4) is 16.8 Å². The molecule has 5 aromatic carbocycles. The third-order valence-corrected chi connectivity index (χ3v) is 7.47. The molecule has 156 valence electrons. The number of hydrogen-bond donors (Lipinski definition) is 0. The number of aromatic nitrogens is 1. The first-order valence-corrected chi connectivity index (χ1v) is 11.6. The number of benzene rings is 5. The lowest BCUT2D eigenvalue weighted by Gasteiger charge is -2.28. The van der Waals surface area contributed by atoms with E-state index in [1.54, 1.807) is 0 Å². The second kappa shape index (κ2) is 6.70. The fraction of sp³-hybridized carbons (Fsp3) is 0.0625. The van der Waals surface area contributed by atoms with E-state index < -0.39 is 0 Å². The Kier molecular flexibility index (Phi) is 3.75. The van der Waals surface area contributed by atoms with E-state index in [0.29, 0.717) is 0 Å². The maximum absolute atomic E-state index is 2.45. The Labute approximate surface area is 193 Å². The molecular formula is C32H23N. The number of para-hydroxylation sites is 2. The van der Waals surface area contributed by atoms with Crippen molar-refractivity contribution >= 4 is 21.8 Å². The lowest BCUT2D eigenvalue weighted by atomic mass is 9.74. The molecule has 7 rings (SSSR count). The summed E-state index contributed by atoms with van der Waals surface area (Å²) in [7, 11) is 0. The molecule has 0 aliphatic heterocycles. The van der Waals surface area contributed by atoms with Gasteiger partial charge in [-0.15, -0.1) is 0 Å². The first-order chi connectivity index (χ1) is 16.3. The minimum Gasteiger partial charge on any atom is -0.309 e. The second-order valence-electron chi connectivity index (χ2n) is 9.14. The Bertz CT molecular complexity index is 1660. The van der Waals surface area contributed by atoms with Crippen LogP contribution in [0.5, 0.6) is 0 Å². The standard InChI is InChI=1S/C32H23N/c1-32(22-12-4-2-5-13-22)28-18-10-8-16-24(28)26-20-27-25-17-9-11-19-30(25)33(31(27)21-29(26)32)23-14-6-3-7-15-23/h2-21H,1H3. The Balaban J connectivity index is 1.65. The molecule has 0 bridgehead atoms. The molecule has 1 nitrogen and oxygen atoms in total. The van der Waals surface area contributed by atoms with Gasteiger partial charge in [-0.05, 0) is 65.1 Å². The molecule has 0 amide bonds. The molecule has 0 saturated heterocycles. The van der Waals surface area contributed by atoms with E-state index >= 15 is 0 Å². The normalized spacial score (nSPS) is 16.8.